The summed E-state index contributed by atoms with van der Waals surface area (Å²) in [6.45, 7) is 5.59. The number of furan rings is 1. The van der Waals surface area contributed by atoms with Crippen molar-refractivity contribution in [2.45, 2.75) is 20.8 Å². The van der Waals surface area contributed by atoms with Crippen LogP contribution in [0.3, 0.4) is 0 Å². The second-order valence-electron chi connectivity index (χ2n) is 7.64. The van der Waals surface area contributed by atoms with Crippen LogP contribution in [0.2, 0.25) is 0 Å². The number of aromatic nitrogens is 2. The first-order valence-electron chi connectivity index (χ1n) is 9.15. The Balaban J connectivity index is 1.99. The van der Waals surface area contributed by atoms with Crippen molar-refractivity contribution >= 4 is 22.8 Å². The standard InChI is InChI=1S/C23H21N3O2/c1-23(2,3)22(27)26-20-18-17(15-10-6-4-7-11-15)19(16-12-8-5-9-13-16)28-21(18)25-14-24-20/h4-14H,1-3H3,(H,24,25,26,27). The van der Waals surface area contributed by atoms with Gasteiger partial charge < -0.3 is 9.73 Å². The summed E-state index contributed by atoms with van der Waals surface area (Å²) in [6.07, 6.45) is 1.41. The number of amides is 1. The number of rotatable bonds is 3. The molecule has 0 bridgehead atoms. The Bertz CT molecular complexity index is 1130. The molecule has 2 aromatic carbocycles. The lowest BCUT2D eigenvalue weighted by Gasteiger charge is -2.17. The monoisotopic (exact) mass is 371 g/mol. The minimum Gasteiger partial charge on any atom is -0.437 e. The van der Waals surface area contributed by atoms with E-state index in [9.17, 15) is 4.79 Å². The van der Waals surface area contributed by atoms with Gasteiger partial charge in [0, 0.05) is 16.5 Å². The fraction of sp³-hybridized carbons (Fsp3) is 0.174. The van der Waals surface area contributed by atoms with Crippen molar-refractivity contribution in [3.63, 3.8) is 0 Å². The number of nitrogens with one attached hydrogen (secondary N) is 1. The Morgan fingerprint density at radius 1 is 0.893 bits per heavy atom. The minimum atomic E-state index is -0.545. The van der Waals surface area contributed by atoms with E-state index in [1.54, 1.807) is 0 Å². The van der Waals surface area contributed by atoms with E-state index in [0.29, 0.717) is 22.7 Å². The maximum atomic E-state index is 12.6. The summed E-state index contributed by atoms with van der Waals surface area (Å²) in [5.41, 5.74) is 2.67. The third-order valence-electron chi connectivity index (χ3n) is 4.50. The molecule has 0 aliphatic heterocycles. The number of fused-ring (bicyclic) bond motifs is 1. The van der Waals surface area contributed by atoms with Crippen molar-refractivity contribution in [2.24, 2.45) is 5.41 Å². The largest absolute Gasteiger partial charge is 0.437 e. The van der Waals surface area contributed by atoms with Crippen LogP contribution in [-0.4, -0.2) is 15.9 Å². The molecule has 5 nitrogen and oxygen atoms in total. The summed E-state index contributed by atoms with van der Waals surface area (Å²) >= 11 is 0. The van der Waals surface area contributed by atoms with Gasteiger partial charge in [-0.05, 0) is 5.56 Å². The minimum absolute atomic E-state index is 0.117. The van der Waals surface area contributed by atoms with Crippen LogP contribution in [0.1, 0.15) is 20.8 Å². The van der Waals surface area contributed by atoms with Gasteiger partial charge in [0.2, 0.25) is 11.6 Å². The maximum absolute atomic E-state index is 12.6. The highest BCUT2D eigenvalue weighted by atomic mass is 16.3. The van der Waals surface area contributed by atoms with Crippen LogP contribution < -0.4 is 5.32 Å². The molecule has 0 atom stereocenters. The molecule has 1 amide bonds. The lowest BCUT2D eigenvalue weighted by atomic mass is 9.95. The first-order chi connectivity index (χ1) is 13.4. The van der Waals surface area contributed by atoms with Crippen LogP contribution in [0.5, 0.6) is 0 Å². The Labute approximate surface area is 163 Å². The highest BCUT2D eigenvalue weighted by molar-refractivity contribution is 6.09. The lowest BCUT2D eigenvalue weighted by molar-refractivity contribution is -0.123. The molecule has 0 saturated heterocycles. The van der Waals surface area contributed by atoms with Crippen molar-refractivity contribution in [2.75, 3.05) is 5.32 Å². The number of hydrogen-bond donors (Lipinski definition) is 1. The summed E-state index contributed by atoms with van der Waals surface area (Å²) in [7, 11) is 0. The van der Waals surface area contributed by atoms with Gasteiger partial charge in [-0.15, -0.1) is 0 Å². The van der Waals surface area contributed by atoms with Gasteiger partial charge in [0.05, 0.1) is 5.39 Å². The highest BCUT2D eigenvalue weighted by Gasteiger charge is 2.26. The fourth-order valence-corrected chi connectivity index (χ4v) is 3.00. The second kappa shape index (κ2) is 6.93. The van der Waals surface area contributed by atoms with E-state index in [4.69, 9.17) is 4.42 Å². The molecular formula is C23H21N3O2. The molecule has 0 radical (unpaired) electrons. The zero-order valence-corrected chi connectivity index (χ0v) is 16.1. The van der Waals surface area contributed by atoms with E-state index >= 15 is 0 Å². The Morgan fingerprint density at radius 2 is 1.50 bits per heavy atom. The number of carbonyl (C=O) groups is 1. The number of nitrogens with zero attached hydrogens (tertiary/aromatic N) is 2. The van der Waals surface area contributed by atoms with Crippen LogP contribution in [0.25, 0.3) is 33.6 Å². The van der Waals surface area contributed by atoms with Crippen molar-refractivity contribution < 1.29 is 9.21 Å². The second-order valence-corrected chi connectivity index (χ2v) is 7.64. The van der Waals surface area contributed by atoms with E-state index in [1.807, 2.05) is 81.4 Å². The predicted molar refractivity (Wildman–Crippen MR) is 111 cm³/mol. The van der Waals surface area contributed by atoms with Gasteiger partial charge >= 0.3 is 0 Å². The Hall–Kier alpha value is -3.47. The van der Waals surface area contributed by atoms with Gasteiger partial charge in [0.25, 0.3) is 0 Å². The first kappa shape index (κ1) is 17.9. The molecule has 140 valence electrons. The molecule has 0 fully saturated rings. The van der Waals surface area contributed by atoms with Crippen LogP contribution >= 0.6 is 0 Å². The van der Waals surface area contributed by atoms with Gasteiger partial charge in [-0.2, -0.15) is 0 Å². The van der Waals surface area contributed by atoms with E-state index in [2.05, 4.69) is 15.3 Å². The van der Waals surface area contributed by atoms with Crippen molar-refractivity contribution in [1.29, 1.82) is 0 Å². The molecule has 1 N–H and O–H groups in total. The molecule has 0 aliphatic rings. The van der Waals surface area contributed by atoms with Gasteiger partial charge in [-0.3, -0.25) is 4.79 Å². The maximum Gasteiger partial charge on any atom is 0.232 e. The number of hydrogen-bond acceptors (Lipinski definition) is 4. The van der Waals surface area contributed by atoms with E-state index in [0.717, 1.165) is 16.7 Å². The SMILES string of the molecule is CC(C)(C)C(=O)Nc1ncnc2oc(-c3ccccc3)c(-c3ccccc3)c12. The first-order valence-corrected chi connectivity index (χ1v) is 9.15. The average molecular weight is 371 g/mol. The number of benzene rings is 2. The molecule has 4 aromatic rings. The summed E-state index contributed by atoms with van der Waals surface area (Å²) in [5, 5.41) is 3.65. The molecule has 4 rings (SSSR count). The predicted octanol–water partition coefficient (Wildman–Crippen LogP) is 5.54. The molecule has 2 aromatic heterocycles. The Kier molecular flexibility index (Phi) is 4.43. The summed E-state index contributed by atoms with van der Waals surface area (Å²) < 4.78 is 6.15. The Morgan fingerprint density at radius 3 is 2.11 bits per heavy atom. The number of carbonyl (C=O) groups excluding carboxylic acids is 1. The van der Waals surface area contributed by atoms with Crippen LogP contribution in [-0.2, 0) is 4.79 Å². The van der Waals surface area contributed by atoms with Gasteiger partial charge in [-0.25, -0.2) is 9.97 Å². The highest BCUT2D eigenvalue weighted by Crippen LogP contribution is 2.42. The van der Waals surface area contributed by atoms with Gasteiger partial charge in [0.15, 0.2) is 0 Å². The smallest absolute Gasteiger partial charge is 0.232 e. The van der Waals surface area contributed by atoms with Gasteiger partial charge in [0.1, 0.15) is 17.9 Å². The third kappa shape index (κ3) is 3.27. The van der Waals surface area contributed by atoms with Crippen LogP contribution in [0.4, 0.5) is 5.82 Å². The summed E-state index contributed by atoms with van der Waals surface area (Å²) in [4.78, 5) is 21.3. The van der Waals surface area contributed by atoms with E-state index in [-0.39, 0.29) is 5.91 Å². The van der Waals surface area contributed by atoms with Crippen LogP contribution in [0, 0.1) is 5.41 Å². The molecule has 0 unspecified atom stereocenters. The summed E-state index contributed by atoms with van der Waals surface area (Å²) in [6, 6.07) is 19.8. The normalized spacial score (nSPS) is 11.5. The molecule has 0 spiro atoms. The van der Waals surface area contributed by atoms with E-state index in [1.165, 1.54) is 6.33 Å². The zero-order valence-electron chi connectivity index (χ0n) is 16.1. The average Bonchev–Trinajstić information content (AvgIpc) is 3.09. The molecule has 28 heavy (non-hydrogen) atoms. The molecule has 0 saturated carbocycles. The quantitative estimate of drug-likeness (QED) is 0.513. The summed E-state index contributed by atoms with van der Waals surface area (Å²) in [5.74, 6) is 1.04. The van der Waals surface area contributed by atoms with Crippen molar-refractivity contribution in [1.82, 2.24) is 9.97 Å². The lowest BCUT2D eigenvalue weighted by Crippen LogP contribution is -2.28. The number of anilines is 1. The van der Waals surface area contributed by atoms with Crippen LogP contribution in [0.15, 0.2) is 71.4 Å². The van der Waals surface area contributed by atoms with Crippen molar-refractivity contribution in [3.05, 3.63) is 67.0 Å². The van der Waals surface area contributed by atoms with Gasteiger partial charge in [-0.1, -0.05) is 81.4 Å². The molecular weight excluding hydrogens is 350 g/mol. The van der Waals surface area contributed by atoms with Crippen molar-refractivity contribution in [3.8, 4) is 22.5 Å². The van der Waals surface area contributed by atoms with E-state index < -0.39 is 5.41 Å². The fourth-order valence-electron chi connectivity index (χ4n) is 3.00. The molecule has 0 aliphatic carbocycles. The molecule has 2 heterocycles. The molecule has 5 heteroatoms. The third-order valence-corrected chi connectivity index (χ3v) is 4.50. The zero-order chi connectivity index (χ0) is 19.7. The topological polar surface area (TPSA) is 68.0 Å².